The summed E-state index contributed by atoms with van der Waals surface area (Å²) in [5, 5.41) is 6.70. The Balaban J connectivity index is 2.37. The van der Waals surface area contributed by atoms with Gasteiger partial charge in [-0.25, -0.2) is 4.21 Å². The number of hydrogen-bond donors (Lipinski definition) is 1. The molecule has 1 N–H and O–H groups in total. The molecule has 0 aromatic carbocycles. The smallest absolute Gasteiger partial charge is 0.256 e. The van der Waals surface area contributed by atoms with Gasteiger partial charge < -0.3 is 0 Å². The first-order valence-electron chi connectivity index (χ1n) is 4.60. The average Bonchev–Trinajstić information content (AvgIpc) is 2.71. The molecular formula is C9H12N4OS2. The van der Waals surface area contributed by atoms with Crippen molar-refractivity contribution >= 4 is 27.0 Å². The molecule has 0 atom stereocenters. The summed E-state index contributed by atoms with van der Waals surface area (Å²) in [4.78, 5) is 6.39. The third kappa shape index (κ3) is 2.67. The SMILES string of the molecule is Cc1ccc(-c2nc(N=S(C)(C)=O)n[nH]2)s1. The van der Waals surface area contributed by atoms with Crippen LogP contribution >= 0.6 is 11.3 Å². The number of aromatic amines is 1. The van der Waals surface area contributed by atoms with E-state index in [1.54, 1.807) is 23.8 Å². The summed E-state index contributed by atoms with van der Waals surface area (Å²) in [6.45, 7) is 2.03. The number of aromatic nitrogens is 3. The van der Waals surface area contributed by atoms with Gasteiger partial charge in [0.05, 0.1) is 4.88 Å². The highest BCUT2D eigenvalue weighted by molar-refractivity contribution is 7.92. The fraction of sp³-hybridized carbons (Fsp3) is 0.333. The van der Waals surface area contributed by atoms with Crippen molar-refractivity contribution in [3.05, 3.63) is 17.0 Å². The summed E-state index contributed by atoms with van der Waals surface area (Å²) in [6, 6.07) is 3.99. The monoisotopic (exact) mass is 256 g/mol. The highest BCUT2D eigenvalue weighted by Gasteiger charge is 2.07. The van der Waals surface area contributed by atoms with Crippen LogP contribution in [0.15, 0.2) is 16.5 Å². The van der Waals surface area contributed by atoms with Crippen LogP contribution in [0.3, 0.4) is 0 Å². The van der Waals surface area contributed by atoms with Crippen LogP contribution < -0.4 is 0 Å². The van der Waals surface area contributed by atoms with Crippen molar-refractivity contribution in [2.24, 2.45) is 4.36 Å². The van der Waals surface area contributed by atoms with Crippen LogP contribution in [-0.4, -0.2) is 31.9 Å². The number of H-pyrrole nitrogens is 1. The van der Waals surface area contributed by atoms with Gasteiger partial charge in [-0.05, 0) is 19.1 Å². The highest BCUT2D eigenvalue weighted by atomic mass is 32.2. The fourth-order valence-electron chi connectivity index (χ4n) is 1.16. The first kappa shape index (κ1) is 11.3. The van der Waals surface area contributed by atoms with Gasteiger partial charge in [0.1, 0.15) is 0 Å². The molecule has 0 saturated heterocycles. The largest absolute Gasteiger partial charge is 0.276 e. The van der Waals surface area contributed by atoms with Gasteiger partial charge in [-0.1, -0.05) is 0 Å². The maximum absolute atomic E-state index is 11.4. The van der Waals surface area contributed by atoms with Gasteiger partial charge in [-0.2, -0.15) is 9.35 Å². The minimum absolute atomic E-state index is 0.246. The lowest BCUT2D eigenvalue weighted by Crippen LogP contribution is -1.89. The molecule has 0 aliphatic rings. The zero-order valence-electron chi connectivity index (χ0n) is 9.22. The van der Waals surface area contributed by atoms with Crippen molar-refractivity contribution < 1.29 is 4.21 Å². The first-order valence-corrected chi connectivity index (χ1v) is 7.75. The van der Waals surface area contributed by atoms with Gasteiger partial charge in [-0.3, -0.25) is 5.10 Å². The maximum Gasteiger partial charge on any atom is 0.276 e. The number of rotatable bonds is 2. The van der Waals surface area contributed by atoms with Crippen molar-refractivity contribution in [1.29, 1.82) is 0 Å². The molecule has 0 saturated carbocycles. The molecule has 0 radical (unpaired) electrons. The average molecular weight is 256 g/mol. The summed E-state index contributed by atoms with van der Waals surface area (Å²) >= 11 is 1.63. The van der Waals surface area contributed by atoms with Crippen molar-refractivity contribution in [3.8, 4) is 10.7 Å². The molecule has 0 fully saturated rings. The van der Waals surface area contributed by atoms with Gasteiger partial charge >= 0.3 is 0 Å². The van der Waals surface area contributed by atoms with Crippen LogP contribution in [0.25, 0.3) is 10.7 Å². The summed E-state index contributed by atoms with van der Waals surface area (Å²) in [5.74, 6) is 0.913. The molecule has 2 rings (SSSR count). The number of nitrogens with zero attached hydrogens (tertiary/aromatic N) is 3. The molecule has 2 aromatic heterocycles. The van der Waals surface area contributed by atoms with Crippen molar-refractivity contribution in [3.63, 3.8) is 0 Å². The lowest BCUT2D eigenvalue weighted by molar-refractivity contribution is 0.684. The quantitative estimate of drug-likeness (QED) is 0.895. The van der Waals surface area contributed by atoms with E-state index in [2.05, 4.69) is 19.5 Å². The predicted octanol–water partition coefficient (Wildman–Crippen LogP) is 2.20. The van der Waals surface area contributed by atoms with E-state index in [4.69, 9.17) is 0 Å². The molecule has 7 heteroatoms. The zero-order valence-corrected chi connectivity index (χ0v) is 10.9. The molecule has 0 bridgehead atoms. The first-order chi connectivity index (χ1) is 7.44. The number of aryl methyl sites for hydroxylation is 1. The second-order valence-corrected chi connectivity index (χ2v) is 7.50. The Morgan fingerprint density at radius 1 is 1.44 bits per heavy atom. The Labute approximate surface area is 98.1 Å². The molecule has 86 valence electrons. The van der Waals surface area contributed by atoms with Crippen LogP contribution in [0.2, 0.25) is 0 Å². The summed E-state index contributed by atoms with van der Waals surface area (Å²) < 4.78 is 15.4. The molecule has 2 aromatic rings. The van der Waals surface area contributed by atoms with E-state index in [1.165, 1.54) is 4.88 Å². The van der Waals surface area contributed by atoms with Crippen LogP contribution in [0, 0.1) is 6.92 Å². The standard InChI is InChI=1S/C9H12N4OS2/c1-6-4-5-7(15-6)8-10-9(12-11-8)13-16(2,3)14/h4-5H,1-3H3,(H,10,11,12). The number of nitrogens with one attached hydrogen (secondary N) is 1. The Hall–Kier alpha value is -1.21. The molecule has 0 aliphatic carbocycles. The van der Waals surface area contributed by atoms with E-state index in [9.17, 15) is 4.21 Å². The molecule has 0 spiro atoms. The minimum atomic E-state index is -2.21. The molecule has 0 unspecified atom stereocenters. The normalized spacial score (nSPS) is 11.7. The van der Waals surface area contributed by atoms with Crippen molar-refractivity contribution in [2.75, 3.05) is 12.5 Å². The Bertz CT molecular complexity index is 611. The van der Waals surface area contributed by atoms with Crippen molar-refractivity contribution in [1.82, 2.24) is 15.2 Å². The van der Waals surface area contributed by atoms with E-state index in [1.807, 2.05) is 19.1 Å². The number of thiophene rings is 1. The number of hydrogen-bond acceptors (Lipinski definition) is 5. The summed E-state index contributed by atoms with van der Waals surface area (Å²) in [5.41, 5.74) is 0. The van der Waals surface area contributed by atoms with E-state index >= 15 is 0 Å². The van der Waals surface area contributed by atoms with Gasteiger partial charge in [0, 0.05) is 27.1 Å². The fourth-order valence-corrected chi connectivity index (χ4v) is 2.44. The molecule has 0 aliphatic heterocycles. The minimum Gasteiger partial charge on any atom is -0.256 e. The van der Waals surface area contributed by atoms with Crippen LogP contribution in [0.1, 0.15) is 4.88 Å². The Morgan fingerprint density at radius 2 is 2.19 bits per heavy atom. The molecule has 16 heavy (non-hydrogen) atoms. The molecule has 2 heterocycles. The third-order valence-electron chi connectivity index (χ3n) is 1.75. The lowest BCUT2D eigenvalue weighted by Gasteiger charge is -1.88. The summed E-state index contributed by atoms with van der Waals surface area (Å²) in [6.07, 6.45) is 3.11. The maximum atomic E-state index is 11.4. The van der Waals surface area contributed by atoms with E-state index in [0.29, 0.717) is 5.82 Å². The second kappa shape index (κ2) is 3.99. The topological polar surface area (TPSA) is 71.0 Å². The van der Waals surface area contributed by atoms with Gasteiger partial charge in [0.15, 0.2) is 5.82 Å². The molecular weight excluding hydrogens is 244 g/mol. The van der Waals surface area contributed by atoms with E-state index < -0.39 is 9.73 Å². The highest BCUT2D eigenvalue weighted by Crippen LogP contribution is 2.25. The van der Waals surface area contributed by atoms with E-state index in [-0.39, 0.29) is 5.95 Å². The van der Waals surface area contributed by atoms with Crippen molar-refractivity contribution in [2.45, 2.75) is 6.92 Å². The van der Waals surface area contributed by atoms with Crippen LogP contribution in [-0.2, 0) is 9.73 Å². The molecule has 0 amide bonds. The summed E-state index contributed by atoms with van der Waals surface area (Å²) in [7, 11) is -2.21. The Morgan fingerprint density at radius 3 is 2.75 bits per heavy atom. The van der Waals surface area contributed by atoms with Crippen LogP contribution in [0.4, 0.5) is 5.95 Å². The second-order valence-electron chi connectivity index (χ2n) is 3.67. The van der Waals surface area contributed by atoms with Gasteiger partial charge in [-0.15, -0.1) is 16.4 Å². The Kier molecular flexibility index (Phi) is 2.81. The zero-order chi connectivity index (χ0) is 11.8. The lowest BCUT2D eigenvalue weighted by atomic mass is 10.4. The van der Waals surface area contributed by atoms with E-state index in [0.717, 1.165) is 4.88 Å². The van der Waals surface area contributed by atoms with Gasteiger partial charge in [0.25, 0.3) is 5.95 Å². The third-order valence-corrected chi connectivity index (χ3v) is 3.36. The molecule has 5 nitrogen and oxygen atoms in total. The predicted molar refractivity (Wildman–Crippen MR) is 66.5 cm³/mol. The van der Waals surface area contributed by atoms with Gasteiger partial charge in [0.2, 0.25) is 0 Å². The van der Waals surface area contributed by atoms with Crippen LogP contribution in [0.5, 0.6) is 0 Å².